The van der Waals surface area contributed by atoms with Crippen LogP contribution in [0.2, 0.25) is 0 Å². The highest BCUT2D eigenvalue weighted by Gasteiger charge is 2.33. The van der Waals surface area contributed by atoms with Gasteiger partial charge in [0.05, 0.1) is 5.54 Å². The fourth-order valence-corrected chi connectivity index (χ4v) is 2.76. The van der Waals surface area contributed by atoms with Crippen molar-refractivity contribution in [2.45, 2.75) is 25.3 Å². The van der Waals surface area contributed by atoms with Gasteiger partial charge in [-0.1, -0.05) is 6.92 Å². The summed E-state index contributed by atoms with van der Waals surface area (Å²) in [6.07, 6.45) is 3.92. The van der Waals surface area contributed by atoms with E-state index < -0.39 is 0 Å². The largest absolute Gasteiger partial charge is 0.319 e. The normalized spacial score (nSPS) is 22.4. The minimum atomic E-state index is -0.153. The van der Waals surface area contributed by atoms with Gasteiger partial charge in [0.2, 0.25) is 0 Å². The SMILES string of the molecule is CCN1CCC(N)(c2nccs2)CC1. The molecule has 1 saturated heterocycles. The quantitative estimate of drug-likeness (QED) is 0.804. The number of likely N-dealkylation sites (tertiary alicyclic amines) is 1. The van der Waals surface area contributed by atoms with Gasteiger partial charge in [0.15, 0.2) is 0 Å². The van der Waals surface area contributed by atoms with Crippen LogP contribution >= 0.6 is 11.3 Å². The highest BCUT2D eigenvalue weighted by molar-refractivity contribution is 7.09. The second-order valence-corrected chi connectivity index (χ2v) is 4.82. The van der Waals surface area contributed by atoms with Crippen LogP contribution in [-0.2, 0) is 5.54 Å². The summed E-state index contributed by atoms with van der Waals surface area (Å²) in [6, 6.07) is 0. The maximum absolute atomic E-state index is 6.36. The summed E-state index contributed by atoms with van der Waals surface area (Å²) in [5.41, 5.74) is 6.21. The molecule has 3 nitrogen and oxygen atoms in total. The second-order valence-electron chi connectivity index (χ2n) is 3.93. The summed E-state index contributed by atoms with van der Waals surface area (Å²) >= 11 is 1.68. The van der Waals surface area contributed by atoms with Crippen LogP contribution in [0, 0.1) is 0 Å². The van der Waals surface area contributed by atoms with Crippen molar-refractivity contribution in [1.82, 2.24) is 9.88 Å². The first-order chi connectivity index (χ1) is 6.74. The van der Waals surface area contributed by atoms with Crippen LogP contribution in [0.4, 0.5) is 0 Å². The summed E-state index contributed by atoms with van der Waals surface area (Å²) in [7, 11) is 0. The number of hydrogen-bond acceptors (Lipinski definition) is 4. The Morgan fingerprint density at radius 3 is 2.79 bits per heavy atom. The number of thiazole rings is 1. The van der Waals surface area contributed by atoms with Crippen molar-refractivity contribution in [3.63, 3.8) is 0 Å². The summed E-state index contributed by atoms with van der Waals surface area (Å²) in [4.78, 5) is 6.78. The lowest BCUT2D eigenvalue weighted by Gasteiger charge is -2.37. The van der Waals surface area contributed by atoms with E-state index >= 15 is 0 Å². The van der Waals surface area contributed by atoms with E-state index in [1.165, 1.54) is 0 Å². The molecule has 1 aliphatic heterocycles. The van der Waals surface area contributed by atoms with E-state index in [1.54, 1.807) is 11.3 Å². The molecule has 0 saturated carbocycles. The predicted molar refractivity (Wildman–Crippen MR) is 59.3 cm³/mol. The molecule has 0 bridgehead atoms. The third-order valence-corrected chi connectivity index (χ3v) is 4.05. The molecule has 0 amide bonds. The average Bonchev–Trinajstić information content (AvgIpc) is 2.72. The number of hydrogen-bond donors (Lipinski definition) is 1. The van der Waals surface area contributed by atoms with E-state index in [0.29, 0.717) is 0 Å². The van der Waals surface area contributed by atoms with Crippen LogP contribution in [0.3, 0.4) is 0 Å². The van der Waals surface area contributed by atoms with E-state index in [0.717, 1.165) is 37.5 Å². The molecule has 1 aliphatic rings. The Morgan fingerprint density at radius 2 is 2.29 bits per heavy atom. The lowest BCUT2D eigenvalue weighted by molar-refractivity contribution is 0.168. The van der Waals surface area contributed by atoms with E-state index in [-0.39, 0.29) is 5.54 Å². The fourth-order valence-electron chi connectivity index (χ4n) is 1.95. The molecule has 78 valence electrons. The van der Waals surface area contributed by atoms with E-state index in [9.17, 15) is 0 Å². The molecular formula is C10H17N3S. The van der Waals surface area contributed by atoms with Gasteiger partial charge in [-0.05, 0) is 19.4 Å². The first kappa shape index (κ1) is 10.1. The van der Waals surface area contributed by atoms with Gasteiger partial charge in [-0.3, -0.25) is 0 Å². The maximum atomic E-state index is 6.36. The van der Waals surface area contributed by atoms with E-state index in [2.05, 4.69) is 16.8 Å². The van der Waals surface area contributed by atoms with Gasteiger partial charge < -0.3 is 10.6 Å². The molecule has 0 aliphatic carbocycles. The van der Waals surface area contributed by atoms with Crippen LogP contribution in [0.15, 0.2) is 11.6 Å². The molecular weight excluding hydrogens is 194 g/mol. The first-order valence-electron chi connectivity index (χ1n) is 5.16. The molecule has 0 aromatic carbocycles. The molecule has 2 N–H and O–H groups in total. The highest BCUT2D eigenvalue weighted by Crippen LogP contribution is 2.31. The van der Waals surface area contributed by atoms with Crippen molar-refractivity contribution in [2.75, 3.05) is 19.6 Å². The van der Waals surface area contributed by atoms with Gasteiger partial charge in [0.25, 0.3) is 0 Å². The Hall–Kier alpha value is -0.450. The molecule has 1 aromatic heterocycles. The Labute approximate surface area is 88.9 Å². The van der Waals surface area contributed by atoms with Crippen LogP contribution < -0.4 is 5.73 Å². The van der Waals surface area contributed by atoms with E-state index in [1.807, 2.05) is 11.6 Å². The van der Waals surface area contributed by atoms with Gasteiger partial charge in [-0.25, -0.2) is 4.98 Å². The molecule has 0 radical (unpaired) electrons. The van der Waals surface area contributed by atoms with E-state index in [4.69, 9.17) is 5.73 Å². The Morgan fingerprint density at radius 1 is 1.57 bits per heavy atom. The molecule has 0 atom stereocenters. The number of rotatable bonds is 2. The van der Waals surface area contributed by atoms with Crippen molar-refractivity contribution < 1.29 is 0 Å². The molecule has 0 unspecified atom stereocenters. The topological polar surface area (TPSA) is 42.1 Å². The molecule has 1 fully saturated rings. The van der Waals surface area contributed by atoms with Gasteiger partial charge in [-0.2, -0.15) is 0 Å². The molecule has 2 rings (SSSR count). The number of nitrogens with two attached hydrogens (primary N) is 1. The first-order valence-corrected chi connectivity index (χ1v) is 6.04. The summed E-state index contributed by atoms with van der Waals surface area (Å²) in [5.74, 6) is 0. The van der Waals surface area contributed by atoms with Crippen LogP contribution in [0.1, 0.15) is 24.8 Å². The van der Waals surface area contributed by atoms with Crippen molar-refractivity contribution in [2.24, 2.45) is 5.73 Å². The molecule has 2 heterocycles. The number of piperidine rings is 1. The lowest BCUT2D eigenvalue weighted by Crippen LogP contribution is -2.47. The minimum Gasteiger partial charge on any atom is -0.319 e. The van der Waals surface area contributed by atoms with Crippen molar-refractivity contribution >= 4 is 11.3 Å². The zero-order valence-corrected chi connectivity index (χ0v) is 9.39. The number of aromatic nitrogens is 1. The van der Waals surface area contributed by atoms with Crippen LogP contribution in [0.25, 0.3) is 0 Å². The van der Waals surface area contributed by atoms with Gasteiger partial charge in [0.1, 0.15) is 5.01 Å². The molecule has 4 heteroatoms. The zero-order chi connectivity index (χ0) is 10.0. The molecule has 14 heavy (non-hydrogen) atoms. The Balaban J connectivity index is 2.06. The molecule has 1 aromatic rings. The average molecular weight is 211 g/mol. The smallest absolute Gasteiger partial charge is 0.113 e. The summed E-state index contributed by atoms with van der Waals surface area (Å²) in [6.45, 7) is 5.54. The third kappa shape index (κ3) is 1.82. The second kappa shape index (κ2) is 3.96. The van der Waals surface area contributed by atoms with Gasteiger partial charge in [-0.15, -0.1) is 11.3 Å². The lowest BCUT2D eigenvalue weighted by atomic mass is 9.89. The van der Waals surface area contributed by atoms with Crippen molar-refractivity contribution in [3.8, 4) is 0 Å². The van der Waals surface area contributed by atoms with Crippen LogP contribution in [-0.4, -0.2) is 29.5 Å². The Bertz CT molecular complexity index is 276. The summed E-state index contributed by atoms with van der Waals surface area (Å²) < 4.78 is 0. The van der Waals surface area contributed by atoms with Gasteiger partial charge in [0, 0.05) is 24.7 Å². The monoisotopic (exact) mass is 211 g/mol. The minimum absolute atomic E-state index is 0.153. The zero-order valence-electron chi connectivity index (χ0n) is 8.57. The van der Waals surface area contributed by atoms with Crippen LogP contribution in [0.5, 0.6) is 0 Å². The maximum Gasteiger partial charge on any atom is 0.113 e. The predicted octanol–water partition coefficient (Wildman–Crippen LogP) is 1.41. The standard InChI is InChI=1S/C10H17N3S/c1-2-13-6-3-10(11,4-7-13)9-12-5-8-14-9/h5,8H,2-4,6-7,11H2,1H3. The third-order valence-electron chi connectivity index (χ3n) is 3.05. The summed E-state index contributed by atoms with van der Waals surface area (Å²) in [5, 5.41) is 3.11. The fraction of sp³-hybridized carbons (Fsp3) is 0.700. The van der Waals surface area contributed by atoms with Gasteiger partial charge >= 0.3 is 0 Å². The Kier molecular flexibility index (Phi) is 2.85. The molecule has 0 spiro atoms. The number of nitrogens with zero attached hydrogens (tertiary/aromatic N) is 2. The van der Waals surface area contributed by atoms with Crippen molar-refractivity contribution in [1.29, 1.82) is 0 Å². The highest BCUT2D eigenvalue weighted by atomic mass is 32.1. The van der Waals surface area contributed by atoms with Crippen molar-refractivity contribution in [3.05, 3.63) is 16.6 Å².